The minimum Gasteiger partial charge on any atom is -0.507 e. The summed E-state index contributed by atoms with van der Waals surface area (Å²) in [5.41, 5.74) is 1.72. The molecule has 2 aromatic rings. The molecule has 0 bridgehead atoms. The van der Waals surface area contributed by atoms with E-state index in [-0.39, 0.29) is 11.3 Å². The first-order valence-electron chi connectivity index (χ1n) is 5.19. The molecule has 3 heteroatoms. The van der Waals surface area contributed by atoms with E-state index in [0.717, 1.165) is 5.56 Å². The quantitative estimate of drug-likeness (QED) is 0.804. The summed E-state index contributed by atoms with van der Waals surface area (Å²) >= 11 is 0. The molecule has 0 saturated heterocycles. The zero-order chi connectivity index (χ0) is 12.3. The smallest absolute Gasteiger partial charge is 0.342 e. The van der Waals surface area contributed by atoms with E-state index >= 15 is 0 Å². The van der Waals surface area contributed by atoms with Gasteiger partial charge in [0.1, 0.15) is 11.3 Å². The maximum Gasteiger partial charge on any atom is 0.342 e. The lowest BCUT2D eigenvalue weighted by molar-refractivity contribution is 0.0598. The summed E-state index contributed by atoms with van der Waals surface area (Å²) in [5, 5.41) is 9.75. The first-order chi connectivity index (χ1) is 8.24. The van der Waals surface area contributed by atoms with Crippen LogP contribution in [0.15, 0.2) is 48.5 Å². The normalized spacial score (nSPS) is 9.94. The summed E-state index contributed by atoms with van der Waals surface area (Å²) in [5.74, 6) is -0.611. The Hall–Kier alpha value is -2.29. The number of methoxy groups -OCH3 is 1. The lowest BCUT2D eigenvalue weighted by Gasteiger charge is -2.09. The number of hydrogen-bond donors (Lipinski definition) is 1. The molecule has 2 rings (SSSR count). The summed E-state index contributed by atoms with van der Waals surface area (Å²) in [4.78, 5) is 11.6. The van der Waals surface area contributed by atoms with Crippen LogP contribution < -0.4 is 0 Å². The Labute approximate surface area is 99.3 Å². The van der Waals surface area contributed by atoms with Crippen molar-refractivity contribution in [3.05, 3.63) is 54.1 Å². The monoisotopic (exact) mass is 228 g/mol. The molecule has 86 valence electrons. The van der Waals surface area contributed by atoms with Crippen LogP contribution in [-0.2, 0) is 4.74 Å². The van der Waals surface area contributed by atoms with Gasteiger partial charge >= 0.3 is 5.97 Å². The summed E-state index contributed by atoms with van der Waals surface area (Å²) in [6, 6.07) is 14.3. The number of rotatable bonds is 2. The molecule has 1 N–H and O–H groups in total. The van der Waals surface area contributed by atoms with Crippen LogP contribution in [0.4, 0.5) is 0 Å². The van der Waals surface area contributed by atoms with E-state index in [0.29, 0.717) is 5.56 Å². The van der Waals surface area contributed by atoms with E-state index in [1.165, 1.54) is 13.2 Å². The molecule has 0 aromatic heterocycles. The lowest BCUT2D eigenvalue weighted by atomic mass is 9.99. The number of carbonyl (C=O) groups excluding carboxylic acids is 1. The van der Waals surface area contributed by atoms with Gasteiger partial charge in [-0.25, -0.2) is 4.79 Å². The molecule has 2 aromatic carbocycles. The second-order valence-corrected chi connectivity index (χ2v) is 3.56. The Morgan fingerprint density at radius 1 is 1.06 bits per heavy atom. The van der Waals surface area contributed by atoms with Gasteiger partial charge in [-0.05, 0) is 17.2 Å². The van der Waals surface area contributed by atoms with Crippen molar-refractivity contribution in [2.75, 3.05) is 7.11 Å². The molecule has 0 fully saturated rings. The Morgan fingerprint density at radius 2 is 1.76 bits per heavy atom. The van der Waals surface area contributed by atoms with Crippen molar-refractivity contribution in [1.29, 1.82) is 0 Å². The van der Waals surface area contributed by atoms with Crippen molar-refractivity contribution in [3.8, 4) is 16.9 Å². The number of phenolic OH excluding ortho intramolecular Hbond substituents is 1. The van der Waals surface area contributed by atoms with Crippen molar-refractivity contribution in [2.45, 2.75) is 0 Å². The first-order valence-corrected chi connectivity index (χ1v) is 5.19. The highest BCUT2D eigenvalue weighted by Crippen LogP contribution is 2.30. The number of hydrogen-bond acceptors (Lipinski definition) is 3. The lowest BCUT2D eigenvalue weighted by Crippen LogP contribution is -2.03. The Morgan fingerprint density at radius 3 is 2.41 bits per heavy atom. The highest BCUT2D eigenvalue weighted by molar-refractivity contribution is 5.99. The van der Waals surface area contributed by atoms with Crippen LogP contribution in [0.3, 0.4) is 0 Å². The van der Waals surface area contributed by atoms with Gasteiger partial charge < -0.3 is 9.84 Å². The van der Waals surface area contributed by atoms with Crippen molar-refractivity contribution in [1.82, 2.24) is 0 Å². The topological polar surface area (TPSA) is 46.5 Å². The first kappa shape index (κ1) is 11.2. The number of benzene rings is 2. The van der Waals surface area contributed by atoms with E-state index in [4.69, 9.17) is 0 Å². The zero-order valence-electron chi connectivity index (χ0n) is 9.38. The van der Waals surface area contributed by atoms with E-state index in [9.17, 15) is 9.90 Å². The summed E-state index contributed by atoms with van der Waals surface area (Å²) in [6.45, 7) is 0. The molecule has 0 unspecified atom stereocenters. The third-order valence-corrected chi connectivity index (χ3v) is 2.52. The molecule has 17 heavy (non-hydrogen) atoms. The highest BCUT2D eigenvalue weighted by Gasteiger charge is 2.17. The molecule has 0 aliphatic carbocycles. The van der Waals surface area contributed by atoms with Crippen LogP contribution in [0.5, 0.6) is 5.75 Å². The molecule has 0 atom stereocenters. The molecule has 0 spiro atoms. The summed E-state index contributed by atoms with van der Waals surface area (Å²) in [6.07, 6.45) is 0. The molecule has 0 aliphatic heterocycles. The third kappa shape index (κ3) is 2.13. The minimum atomic E-state index is -0.540. The summed E-state index contributed by atoms with van der Waals surface area (Å²) < 4.78 is 4.68. The number of esters is 1. The molecular formula is C14H12O3. The van der Waals surface area contributed by atoms with Gasteiger partial charge in [-0.1, -0.05) is 42.5 Å². The third-order valence-electron chi connectivity index (χ3n) is 2.52. The Balaban J connectivity index is 2.62. The summed E-state index contributed by atoms with van der Waals surface area (Å²) in [7, 11) is 1.30. The van der Waals surface area contributed by atoms with Gasteiger partial charge in [0.15, 0.2) is 0 Å². The predicted octanol–water partition coefficient (Wildman–Crippen LogP) is 2.85. The van der Waals surface area contributed by atoms with E-state index in [1.807, 2.05) is 30.3 Å². The second kappa shape index (κ2) is 4.70. The predicted molar refractivity (Wildman–Crippen MR) is 64.9 cm³/mol. The van der Waals surface area contributed by atoms with Crippen LogP contribution in [0, 0.1) is 0 Å². The van der Waals surface area contributed by atoms with Crippen LogP contribution in [0.25, 0.3) is 11.1 Å². The van der Waals surface area contributed by atoms with Gasteiger partial charge in [-0.15, -0.1) is 0 Å². The Kier molecular flexibility index (Phi) is 3.10. The van der Waals surface area contributed by atoms with Crippen molar-refractivity contribution in [2.24, 2.45) is 0 Å². The van der Waals surface area contributed by atoms with Gasteiger partial charge in [0.25, 0.3) is 0 Å². The van der Waals surface area contributed by atoms with E-state index < -0.39 is 5.97 Å². The van der Waals surface area contributed by atoms with Crippen molar-refractivity contribution in [3.63, 3.8) is 0 Å². The average molecular weight is 228 g/mol. The molecule has 0 saturated carbocycles. The molecule has 3 nitrogen and oxygen atoms in total. The SMILES string of the molecule is COC(=O)c1c(O)cccc1-c1ccccc1. The number of ether oxygens (including phenoxy) is 1. The minimum absolute atomic E-state index is 0.0711. The van der Waals surface area contributed by atoms with Crippen molar-refractivity contribution < 1.29 is 14.6 Å². The van der Waals surface area contributed by atoms with Gasteiger partial charge in [0, 0.05) is 0 Å². The van der Waals surface area contributed by atoms with Crippen LogP contribution in [-0.4, -0.2) is 18.2 Å². The zero-order valence-corrected chi connectivity index (χ0v) is 9.38. The second-order valence-electron chi connectivity index (χ2n) is 3.56. The average Bonchev–Trinajstić information content (AvgIpc) is 2.38. The van der Waals surface area contributed by atoms with E-state index in [2.05, 4.69) is 4.74 Å². The number of carbonyl (C=O) groups is 1. The van der Waals surface area contributed by atoms with Crippen LogP contribution in [0.2, 0.25) is 0 Å². The van der Waals surface area contributed by atoms with Crippen LogP contribution in [0.1, 0.15) is 10.4 Å². The van der Waals surface area contributed by atoms with Gasteiger partial charge in [0.2, 0.25) is 0 Å². The molecule has 0 amide bonds. The molecule has 0 heterocycles. The molecular weight excluding hydrogens is 216 g/mol. The largest absolute Gasteiger partial charge is 0.507 e. The van der Waals surface area contributed by atoms with Gasteiger partial charge in [0.05, 0.1) is 7.11 Å². The maximum atomic E-state index is 11.6. The number of phenols is 1. The van der Waals surface area contributed by atoms with Crippen molar-refractivity contribution >= 4 is 5.97 Å². The maximum absolute atomic E-state index is 11.6. The number of aromatic hydroxyl groups is 1. The standard InChI is InChI=1S/C14H12O3/c1-17-14(16)13-11(8-5-9-12(13)15)10-6-3-2-4-7-10/h2-9,15H,1H3. The fourth-order valence-corrected chi connectivity index (χ4v) is 1.71. The van der Waals surface area contributed by atoms with Gasteiger partial charge in [-0.2, -0.15) is 0 Å². The van der Waals surface area contributed by atoms with Gasteiger partial charge in [-0.3, -0.25) is 0 Å². The molecule has 0 radical (unpaired) electrons. The molecule has 0 aliphatic rings. The van der Waals surface area contributed by atoms with Crippen LogP contribution >= 0.6 is 0 Å². The highest BCUT2D eigenvalue weighted by atomic mass is 16.5. The Bertz CT molecular complexity index is 532. The fraction of sp³-hybridized carbons (Fsp3) is 0.0714. The fourth-order valence-electron chi connectivity index (χ4n) is 1.71. The van der Waals surface area contributed by atoms with E-state index in [1.54, 1.807) is 12.1 Å².